The van der Waals surface area contributed by atoms with Crippen molar-refractivity contribution in [1.29, 1.82) is 0 Å². The number of halogens is 1. The van der Waals surface area contributed by atoms with Crippen molar-refractivity contribution >= 4 is 25.7 Å². The maximum atomic E-state index is 14.0. The molecule has 3 N–H and O–H groups in total. The zero-order chi connectivity index (χ0) is 17.1. The summed E-state index contributed by atoms with van der Waals surface area (Å²) in [5, 5.41) is 3.16. The second kappa shape index (κ2) is 7.12. The largest absolute Gasteiger partial charge is 0.313 e. The van der Waals surface area contributed by atoms with Crippen molar-refractivity contribution in [3.63, 3.8) is 0 Å². The molecule has 0 aromatic heterocycles. The van der Waals surface area contributed by atoms with Gasteiger partial charge in [-0.05, 0) is 44.5 Å². The molecule has 1 atom stereocenters. The lowest BCUT2D eigenvalue weighted by Gasteiger charge is -2.13. The van der Waals surface area contributed by atoms with E-state index in [9.17, 15) is 21.2 Å². The fourth-order valence-electron chi connectivity index (χ4n) is 2.21. The SMILES string of the molecule is CCS(=O)(=O)Nc1ccc(S(=O)(=O)NCC2CCCN2)cc1F. The van der Waals surface area contributed by atoms with Crippen LogP contribution in [0.5, 0.6) is 0 Å². The Morgan fingerprint density at radius 2 is 2.04 bits per heavy atom. The number of nitrogens with one attached hydrogen (secondary N) is 3. The van der Waals surface area contributed by atoms with Crippen LogP contribution in [-0.4, -0.2) is 41.7 Å². The van der Waals surface area contributed by atoms with Gasteiger partial charge in [0.2, 0.25) is 20.0 Å². The molecule has 0 aliphatic carbocycles. The Hall–Kier alpha value is -1.23. The monoisotopic (exact) mass is 365 g/mol. The van der Waals surface area contributed by atoms with Crippen molar-refractivity contribution in [3.8, 4) is 0 Å². The van der Waals surface area contributed by atoms with Crippen LogP contribution in [-0.2, 0) is 20.0 Å². The second-order valence-electron chi connectivity index (χ2n) is 5.29. The lowest BCUT2D eigenvalue weighted by Crippen LogP contribution is -2.37. The van der Waals surface area contributed by atoms with Gasteiger partial charge >= 0.3 is 0 Å². The molecule has 1 aliphatic heterocycles. The molecule has 10 heteroatoms. The minimum absolute atomic E-state index is 0.0743. The highest BCUT2D eigenvalue weighted by atomic mass is 32.2. The Balaban J connectivity index is 2.11. The van der Waals surface area contributed by atoms with Crippen molar-refractivity contribution < 1.29 is 21.2 Å². The van der Waals surface area contributed by atoms with E-state index in [1.54, 1.807) is 0 Å². The molecule has 1 saturated heterocycles. The molecular formula is C13H20FN3O4S2. The van der Waals surface area contributed by atoms with Crippen molar-refractivity contribution in [1.82, 2.24) is 10.0 Å². The van der Waals surface area contributed by atoms with Crippen molar-refractivity contribution in [3.05, 3.63) is 24.0 Å². The normalized spacial score (nSPS) is 19.0. The topological polar surface area (TPSA) is 104 Å². The van der Waals surface area contributed by atoms with Crippen LogP contribution in [0.4, 0.5) is 10.1 Å². The summed E-state index contributed by atoms with van der Waals surface area (Å²) in [5.41, 5.74) is -0.275. The van der Waals surface area contributed by atoms with E-state index in [2.05, 4.69) is 14.8 Å². The molecule has 23 heavy (non-hydrogen) atoms. The van der Waals surface area contributed by atoms with Crippen LogP contribution in [0.2, 0.25) is 0 Å². The molecule has 1 aromatic rings. The van der Waals surface area contributed by atoms with Crippen LogP contribution in [0.15, 0.2) is 23.1 Å². The summed E-state index contributed by atoms with van der Waals surface area (Å²) in [6.45, 7) is 2.50. The first-order valence-electron chi connectivity index (χ1n) is 7.26. The van der Waals surface area contributed by atoms with Crippen LogP contribution in [0.25, 0.3) is 0 Å². The van der Waals surface area contributed by atoms with Crippen molar-refractivity contribution in [2.75, 3.05) is 23.6 Å². The molecule has 1 aromatic carbocycles. The molecule has 1 aliphatic rings. The first kappa shape index (κ1) is 18.1. The number of rotatable bonds is 7. The highest BCUT2D eigenvalue weighted by molar-refractivity contribution is 7.92. The standard InChI is InChI=1S/C13H20FN3O4S2/c1-2-22(18,19)17-13-6-5-11(8-12(13)14)23(20,21)16-9-10-4-3-7-15-10/h5-6,8,10,15-17H,2-4,7,9H2,1H3. The molecule has 0 saturated carbocycles. The smallest absolute Gasteiger partial charge is 0.240 e. The number of anilines is 1. The van der Waals surface area contributed by atoms with E-state index in [1.807, 2.05) is 0 Å². The van der Waals surface area contributed by atoms with Gasteiger partial charge < -0.3 is 5.32 Å². The molecule has 2 rings (SSSR count). The Kier molecular flexibility index (Phi) is 5.61. The molecule has 1 unspecified atom stereocenters. The van der Waals surface area contributed by atoms with Gasteiger partial charge in [0.1, 0.15) is 5.82 Å². The van der Waals surface area contributed by atoms with Crippen LogP contribution in [0, 0.1) is 5.82 Å². The highest BCUT2D eigenvalue weighted by Crippen LogP contribution is 2.20. The van der Waals surface area contributed by atoms with Crippen molar-refractivity contribution in [2.24, 2.45) is 0 Å². The first-order valence-corrected chi connectivity index (χ1v) is 10.4. The molecule has 1 fully saturated rings. The third-order valence-electron chi connectivity index (χ3n) is 3.58. The first-order chi connectivity index (χ1) is 10.7. The second-order valence-corrected chi connectivity index (χ2v) is 9.07. The van der Waals surface area contributed by atoms with E-state index < -0.39 is 25.9 Å². The van der Waals surface area contributed by atoms with Gasteiger partial charge in [-0.1, -0.05) is 0 Å². The molecule has 0 spiro atoms. The number of sulfonamides is 2. The van der Waals surface area contributed by atoms with E-state index in [0.29, 0.717) is 0 Å². The predicted molar refractivity (Wildman–Crippen MR) is 85.7 cm³/mol. The summed E-state index contributed by atoms with van der Waals surface area (Å²) in [6, 6.07) is 3.15. The molecule has 7 nitrogen and oxygen atoms in total. The van der Waals surface area contributed by atoms with Crippen LogP contribution in [0.3, 0.4) is 0 Å². The van der Waals surface area contributed by atoms with Gasteiger partial charge in [-0.3, -0.25) is 4.72 Å². The van der Waals surface area contributed by atoms with E-state index in [4.69, 9.17) is 0 Å². The lowest BCUT2D eigenvalue weighted by molar-refractivity contribution is 0.550. The molecule has 1 heterocycles. The third kappa shape index (κ3) is 4.87. The predicted octanol–water partition coefficient (Wildman–Crippen LogP) is 0.618. The zero-order valence-corrected chi connectivity index (χ0v) is 14.3. The summed E-state index contributed by atoms with van der Waals surface area (Å²) in [4.78, 5) is -0.243. The van der Waals surface area contributed by atoms with Gasteiger partial charge in [0.25, 0.3) is 0 Å². The van der Waals surface area contributed by atoms with Gasteiger partial charge in [-0.2, -0.15) is 0 Å². The maximum absolute atomic E-state index is 14.0. The van der Waals surface area contributed by atoms with Crippen LogP contribution >= 0.6 is 0 Å². The fourth-order valence-corrected chi connectivity index (χ4v) is 3.95. The summed E-state index contributed by atoms with van der Waals surface area (Å²) < 4.78 is 65.6. The third-order valence-corrected chi connectivity index (χ3v) is 6.29. The average molecular weight is 365 g/mol. The maximum Gasteiger partial charge on any atom is 0.240 e. The summed E-state index contributed by atoms with van der Waals surface area (Å²) in [5.74, 6) is -1.15. The van der Waals surface area contributed by atoms with E-state index >= 15 is 0 Å². The van der Waals surface area contributed by atoms with Gasteiger partial charge in [-0.25, -0.2) is 25.9 Å². The van der Waals surface area contributed by atoms with E-state index in [1.165, 1.54) is 13.0 Å². The number of hydrogen-bond acceptors (Lipinski definition) is 5. The Morgan fingerprint density at radius 1 is 1.30 bits per heavy atom. The Morgan fingerprint density at radius 3 is 2.61 bits per heavy atom. The minimum Gasteiger partial charge on any atom is -0.313 e. The molecule has 0 bridgehead atoms. The molecular weight excluding hydrogens is 345 g/mol. The molecule has 0 amide bonds. The average Bonchev–Trinajstić information content (AvgIpc) is 3.00. The Bertz CT molecular complexity index is 759. The van der Waals surface area contributed by atoms with Gasteiger partial charge in [0, 0.05) is 12.6 Å². The zero-order valence-electron chi connectivity index (χ0n) is 12.7. The summed E-state index contributed by atoms with van der Waals surface area (Å²) >= 11 is 0. The van der Waals surface area contributed by atoms with Crippen LogP contribution in [0.1, 0.15) is 19.8 Å². The summed E-state index contributed by atoms with van der Waals surface area (Å²) in [7, 11) is -7.47. The molecule has 130 valence electrons. The van der Waals surface area contributed by atoms with Gasteiger partial charge in [0.15, 0.2) is 0 Å². The minimum atomic E-state index is -3.84. The van der Waals surface area contributed by atoms with E-state index in [-0.39, 0.29) is 28.9 Å². The fraction of sp³-hybridized carbons (Fsp3) is 0.538. The van der Waals surface area contributed by atoms with Crippen LogP contribution < -0.4 is 14.8 Å². The van der Waals surface area contributed by atoms with Gasteiger partial charge in [-0.15, -0.1) is 0 Å². The van der Waals surface area contributed by atoms with E-state index in [0.717, 1.165) is 31.5 Å². The quantitative estimate of drug-likeness (QED) is 0.657. The summed E-state index contributed by atoms with van der Waals surface area (Å²) in [6.07, 6.45) is 1.88. The molecule has 0 radical (unpaired) electrons. The number of hydrogen-bond donors (Lipinski definition) is 3. The van der Waals surface area contributed by atoms with Gasteiger partial charge in [0.05, 0.1) is 16.3 Å². The highest BCUT2D eigenvalue weighted by Gasteiger charge is 2.21. The lowest BCUT2D eigenvalue weighted by atomic mass is 10.2. The van der Waals surface area contributed by atoms with Crippen molar-refractivity contribution in [2.45, 2.75) is 30.7 Å². The number of benzene rings is 1. The Labute approximate surface area is 135 Å².